The normalized spacial score (nSPS) is 10.3. The van der Waals surface area contributed by atoms with Gasteiger partial charge in [0.15, 0.2) is 5.13 Å². The molecule has 23 heavy (non-hydrogen) atoms. The predicted octanol–water partition coefficient (Wildman–Crippen LogP) is 4.30. The lowest BCUT2D eigenvalue weighted by atomic mass is 10.2. The molecule has 0 spiro atoms. The molecular formula is C17H16N4OS. The van der Waals surface area contributed by atoms with E-state index in [1.54, 1.807) is 23.7 Å². The average molecular weight is 324 g/mol. The molecule has 6 heteroatoms. The number of carbonyl (C=O) groups is 1. The maximum Gasteiger partial charge on any atom is 0.224 e. The molecule has 1 aromatic carbocycles. The first-order valence-electron chi connectivity index (χ1n) is 7.27. The van der Waals surface area contributed by atoms with Gasteiger partial charge < -0.3 is 10.6 Å². The van der Waals surface area contributed by atoms with Crippen LogP contribution in [0.3, 0.4) is 0 Å². The lowest BCUT2D eigenvalue weighted by Crippen LogP contribution is -2.09. The van der Waals surface area contributed by atoms with Crippen molar-refractivity contribution in [3.63, 3.8) is 0 Å². The number of aromatic nitrogens is 2. The summed E-state index contributed by atoms with van der Waals surface area (Å²) in [5.41, 5.74) is 3.68. The van der Waals surface area contributed by atoms with Gasteiger partial charge in [-0.25, -0.2) is 4.98 Å². The smallest absolute Gasteiger partial charge is 0.224 e. The summed E-state index contributed by atoms with van der Waals surface area (Å²) in [6.07, 6.45) is 3.98. The van der Waals surface area contributed by atoms with Crippen molar-refractivity contribution in [2.24, 2.45) is 0 Å². The fourth-order valence-electron chi connectivity index (χ4n) is 2.00. The number of nitrogens with one attached hydrogen (secondary N) is 2. The Labute approximate surface area is 138 Å². The first-order chi connectivity index (χ1) is 11.2. The van der Waals surface area contributed by atoms with Crippen LogP contribution in [0, 0.1) is 0 Å². The van der Waals surface area contributed by atoms with E-state index in [0.29, 0.717) is 6.42 Å². The molecule has 5 nitrogen and oxygen atoms in total. The third-order valence-corrected chi connectivity index (χ3v) is 3.98. The van der Waals surface area contributed by atoms with Gasteiger partial charge >= 0.3 is 0 Å². The van der Waals surface area contributed by atoms with E-state index in [9.17, 15) is 4.79 Å². The quantitative estimate of drug-likeness (QED) is 0.734. The topological polar surface area (TPSA) is 66.9 Å². The third kappa shape index (κ3) is 3.92. The summed E-state index contributed by atoms with van der Waals surface area (Å²) in [4.78, 5) is 19.9. The summed E-state index contributed by atoms with van der Waals surface area (Å²) in [6, 6.07) is 11.4. The van der Waals surface area contributed by atoms with Crippen LogP contribution in [-0.2, 0) is 4.79 Å². The summed E-state index contributed by atoms with van der Waals surface area (Å²) >= 11 is 1.55. The second-order valence-corrected chi connectivity index (χ2v) is 5.74. The van der Waals surface area contributed by atoms with Crippen molar-refractivity contribution in [2.75, 3.05) is 10.6 Å². The van der Waals surface area contributed by atoms with E-state index in [1.807, 2.05) is 48.7 Å². The number of anilines is 3. The molecular weight excluding hydrogens is 308 g/mol. The molecule has 3 rings (SSSR count). The fourth-order valence-corrected chi connectivity index (χ4v) is 2.74. The van der Waals surface area contributed by atoms with E-state index in [1.165, 1.54) is 0 Å². The van der Waals surface area contributed by atoms with Crippen molar-refractivity contribution in [1.82, 2.24) is 9.97 Å². The molecule has 2 heterocycles. The van der Waals surface area contributed by atoms with Gasteiger partial charge in [0.25, 0.3) is 0 Å². The van der Waals surface area contributed by atoms with Gasteiger partial charge in [0.1, 0.15) is 0 Å². The highest BCUT2D eigenvalue weighted by atomic mass is 32.1. The number of thiazole rings is 1. The largest absolute Gasteiger partial charge is 0.332 e. The molecule has 3 aromatic rings. The molecule has 0 saturated heterocycles. The molecule has 1 amide bonds. The number of carbonyl (C=O) groups excluding carboxylic acids is 1. The summed E-state index contributed by atoms with van der Waals surface area (Å²) in [5.74, 6) is 0.00706. The lowest BCUT2D eigenvalue weighted by molar-refractivity contribution is -0.115. The van der Waals surface area contributed by atoms with Crippen LogP contribution < -0.4 is 10.6 Å². The van der Waals surface area contributed by atoms with Gasteiger partial charge in [-0.05, 0) is 36.4 Å². The van der Waals surface area contributed by atoms with Crippen molar-refractivity contribution < 1.29 is 4.79 Å². The van der Waals surface area contributed by atoms with Crippen molar-refractivity contribution in [3.05, 3.63) is 54.2 Å². The molecule has 0 unspecified atom stereocenters. The lowest BCUT2D eigenvalue weighted by Gasteiger charge is -2.06. The van der Waals surface area contributed by atoms with Crippen LogP contribution in [0.5, 0.6) is 0 Å². The molecule has 2 aromatic heterocycles. The summed E-state index contributed by atoms with van der Waals surface area (Å²) in [6.45, 7) is 1.83. The number of rotatable bonds is 5. The minimum atomic E-state index is 0.00706. The Balaban J connectivity index is 1.68. The minimum absolute atomic E-state index is 0.00706. The third-order valence-electron chi connectivity index (χ3n) is 3.22. The second-order valence-electron chi connectivity index (χ2n) is 4.88. The predicted molar refractivity (Wildman–Crippen MR) is 94.0 cm³/mol. The molecule has 116 valence electrons. The monoisotopic (exact) mass is 324 g/mol. The number of benzene rings is 1. The number of hydrogen-bond donors (Lipinski definition) is 2. The molecule has 0 aliphatic heterocycles. The Kier molecular flexibility index (Phi) is 4.63. The summed E-state index contributed by atoms with van der Waals surface area (Å²) in [5, 5.41) is 8.92. The number of pyridine rings is 1. The van der Waals surface area contributed by atoms with Crippen molar-refractivity contribution in [3.8, 4) is 11.3 Å². The molecule has 0 aliphatic carbocycles. The Hall–Kier alpha value is -2.73. The van der Waals surface area contributed by atoms with Gasteiger partial charge in [-0.15, -0.1) is 11.3 Å². The van der Waals surface area contributed by atoms with E-state index >= 15 is 0 Å². The van der Waals surface area contributed by atoms with E-state index in [2.05, 4.69) is 20.6 Å². The first-order valence-corrected chi connectivity index (χ1v) is 8.15. The van der Waals surface area contributed by atoms with E-state index in [-0.39, 0.29) is 5.91 Å². The fraction of sp³-hybridized carbons (Fsp3) is 0.118. The van der Waals surface area contributed by atoms with Gasteiger partial charge in [0, 0.05) is 41.1 Å². The van der Waals surface area contributed by atoms with Gasteiger partial charge in [0.2, 0.25) is 5.91 Å². The Bertz CT molecular complexity index is 784. The summed E-state index contributed by atoms with van der Waals surface area (Å²) < 4.78 is 0. The van der Waals surface area contributed by atoms with E-state index < -0.39 is 0 Å². The Morgan fingerprint density at radius 3 is 2.48 bits per heavy atom. The van der Waals surface area contributed by atoms with E-state index in [0.717, 1.165) is 27.8 Å². The molecule has 0 bridgehead atoms. The molecule has 2 N–H and O–H groups in total. The average Bonchev–Trinajstić information content (AvgIpc) is 3.06. The first kappa shape index (κ1) is 15.2. The Morgan fingerprint density at radius 1 is 1.09 bits per heavy atom. The van der Waals surface area contributed by atoms with Crippen molar-refractivity contribution in [2.45, 2.75) is 13.3 Å². The molecule has 0 atom stereocenters. The zero-order chi connectivity index (χ0) is 16.1. The van der Waals surface area contributed by atoms with Crippen molar-refractivity contribution in [1.29, 1.82) is 0 Å². The molecule has 0 radical (unpaired) electrons. The molecule has 0 saturated carbocycles. The zero-order valence-electron chi connectivity index (χ0n) is 12.6. The van der Waals surface area contributed by atoms with Crippen LogP contribution in [0.4, 0.5) is 16.5 Å². The maximum absolute atomic E-state index is 11.4. The Morgan fingerprint density at radius 2 is 1.78 bits per heavy atom. The standard InChI is InChI=1S/C17H16N4OS/c1-2-16(22)19-13-3-5-14(6-4-13)20-17-21-15(11-23-17)12-7-9-18-10-8-12/h3-11H,2H2,1H3,(H,19,22)(H,20,21). The number of amides is 1. The van der Waals surface area contributed by atoms with Crippen LogP contribution in [0.25, 0.3) is 11.3 Å². The van der Waals surface area contributed by atoms with Gasteiger partial charge in [-0.2, -0.15) is 0 Å². The van der Waals surface area contributed by atoms with Crippen LogP contribution in [0.15, 0.2) is 54.2 Å². The highest BCUT2D eigenvalue weighted by Crippen LogP contribution is 2.27. The number of nitrogens with zero attached hydrogens (tertiary/aromatic N) is 2. The zero-order valence-corrected chi connectivity index (χ0v) is 13.4. The summed E-state index contributed by atoms with van der Waals surface area (Å²) in [7, 11) is 0. The highest BCUT2D eigenvalue weighted by molar-refractivity contribution is 7.14. The number of hydrogen-bond acceptors (Lipinski definition) is 5. The van der Waals surface area contributed by atoms with Crippen LogP contribution in [0.1, 0.15) is 13.3 Å². The van der Waals surface area contributed by atoms with Crippen LogP contribution >= 0.6 is 11.3 Å². The minimum Gasteiger partial charge on any atom is -0.332 e. The second kappa shape index (κ2) is 7.02. The van der Waals surface area contributed by atoms with Gasteiger partial charge in [-0.3, -0.25) is 9.78 Å². The van der Waals surface area contributed by atoms with Crippen molar-refractivity contribution >= 4 is 33.8 Å². The maximum atomic E-state index is 11.4. The molecule has 0 aliphatic rings. The van der Waals surface area contributed by atoms with Gasteiger partial charge in [-0.1, -0.05) is 6.92 Å². The highest BCUT2D eigenvalue weighted by Gasteiger charge is 2.05. The van der Waals surface area contributed by atoms with Gasteiger partial charge in [0.05, 0.1) is 5.69 Å². The SMILES string of the molecule is CCC(=O)Nc1ccc(Nc2nc(-c3ccncc3)cs2)cc1. The van der Waals surface area contributed by atoms with Crippen LogP contribution in [0.2, 0.25) is 0 Å². The van der Waals surface area contributed by atoms with Crippen LogP contribution in [-0.4, -0.2) is 15.9 Å². The molecule has 0 fully saturated rings. The van der Waals surface area contributed by atoms with E-state index in [4.69, 9.17) is 0 Å².